The van der Waals surface area contributed by atoms with Gasteiger partial charge in [0.15, 0.2) is 0 Å². The summed E-state index contributed by atoms with van der Waals surface area (Å²) >= 11 is 0. The molecule has 0 aliphatic carbocycles. The number of carbonyl (C=O) groups is 1. The van der Waals surface area contributed by atoms with Gasteiger partial charge in [0.05, 0.1) is 6.61 Å². The second-order valence-electron chi connectivity index (χ2n) is 2.29. The van der Waals surface area contributed by atoms with Crippen molar-refractivity contribution in [2.75, 3.05) is 32.9 Å². The van der Waals surface area contributed by atoms with Crippen molar-refractivity contribution in [2.24, 2.45) is 0 Å². The average Bonchev–Trinajstić information content (AvgIpc) is 2.02. The van der Waals surface area contributed by atoms with E-state index in [-0.39, 0.29) is 18.4 Å². The Balaban J connectivity index is 0. The minimum absolute atomic E-state index is 0. The van der Waals surface area contributed by atoms with Crippen molar-refractivity contribution < 1.29 is 14.3 Å². The number of hydrogen-bond acceptors (Lipinski definition) is 4. The van der Waals surface area contributed by atoms with Crippen LogP contribution in [0.1, 0.15) is 13.8 Å². The van der Waals surface area contributed by atoms with E-state index >= 15 is 0 Å². The third-order valence-corrected chi connectivity index (χ3v) is 1.21. The molecule has 0 fully saturated rings. The summed E-state index contributed by atoms with van der Waals surface area (Å²) in [6, 6.07) is 0. The minimum atomic E-state index is -0.235. The maximum absolute atomic E-state index is 10.3. The third kappa shape index (κ3) is 14.5. The molecule has 4 nitrogen and oxygen atoms in total. The van der Waals surface area contributed by atoms with E-state index in [2.05, 4.69) is 5.32 Å². The van der Waals surface area contributed by atoms with E-state index in [4.69, 9.17) is 9.47 Å². The molecule has 0 atom stereocenters. The van der Waals surface area contributed by atoms with Crippen molar-refractivity contribution in [1.82, 2.24) is 5.32 Å². The van der Waals surface area contributed by atoms with Gasteiger partial charge in [-0.05, 0) is 6.92 Å². The van der Waals surface area contributed by atoms with Crippen LogP contribution in [-0.2, 0) is 14.3 Å². The van der Waals surface area contributed by atoms with Crippen LogP contribution in [0.15, 0.2) is 0 Å². The van der Waals surface area contributed by atoms with Gasteiger partial charge in [-0.2, -0.15) is 0 Å². The lowest BCUT2D eigenvalue weighted by molar-refractivity contribution is -0.140. The maximum atomic E-state index is 10.3. The zero-order chi connectivity index (χ0) is 9.23. The van der Waals surface area contributed by atoms with Crippen LogP contribution in [0.3, 0.4) is 0 Å². The van der Waals surface area contributed by atoms with Crippen LogP contribution in [0.4, 0.5) is 0 Å². The zero-order valence-electron chi connectivity index (χ0n) is 8.17. The highest BCUT2D eigenvalue weighted by molar-refractivity contribution is 5.85. The predicted molar refractivity (Wildman–Crippen MR) is 53.2 cm³/mol. The summed E-state index contributed by atoms with van der Waals surface area (Å²) in [6.07, 6.45) is 0. The van der Waals surface area contributed by atoms with E-state index in [1.54, 1.807) is 0 Å². The SMILES string of the molecule is CCOCCNCCOC(C)=O.Cl. The standard InChI is InChI=1S/C8H17NO3.ClH/c1-3-11-6-4-9-5-7-12-8(2)10;/h9H,3-7H2,1-2H3;1H. The van der Waals surface area contributed by atoms with Crippen molar-refractivity contribution in [3.63, 3.8) is 0 Å². The van der Waals surface area contributed by atoms with Crippen LogP contribution in [0.2, 0.25) is 0 Å². The summed E-state index contributed by atoms with van der Waals surface area (Å²) in [5, 5.41) is 3.07. The normalized spacial score (nSPS) is 9.08. The molecule has 13 heavy (non-hydrogen) atoms. The van der Waals surface area contributed by atoms with E-state index in [1.165, 1.54) is 6.92 Å². The minimum Gasteiger partial charge on any atom is -0.465 e. The molecule has 0 radical (unpaired) electrons. The second kappa shape index (κ2) is 11.7. The van der Waals surface area contributed by atoms with Crippen LogP contribution < -0.4 is 5.32 Å². The van der Waals surface area contributed by atoms with Gasteiger partial charge in [0.25, 0.3) is 0 Å². The summed E-state index contributed by atoms with van der Waals surface area (Å²) in [5.41, 5.74) is 0. The smallest absolute Gasteiger partial charge is 0.302 e. The van der Waals surface area contributed by atoms with Crippen LogP contribution in [-0.4, -0.2) is 38.9 Å². The number of esters is 1. The lowest BCUT2D eigenvalue weighted by atomic mass is 10.6. The molecule has 0 aromatic rings. The molecule has 0 bridgehead atoms. The summed E-state index contributed by atoms with van der Waals surface area (Å²) in [4.78, 5) is 10.3. The summed E-state index contributed by atoms with van der Waals surface area (Å²) in [7, 11) is 0. The summed E-state index contributed by atoms with van der Waals surface area (Å²) in [6.45, 7) is 6.73. The van der Waals surface area contributed by atoms with Crippen LogP contribution in [0.5, 0.6) is 0 Å². The first-order chi connectivity index (χ1) is 5.77. The van der Waals surface area contributed by atoms with Crippen LogP contribution in [0, 0.1) is 0 Å². The molecule has 0 amide bonds. The Morgan fingerprint density at radius 3 is 2.46 bits per heavy atom. The van der Waals surface area contributed by atoms with E-state index in [0.717, 1.165) is 13.2 Å². The van der Waals surface area contributed by atoms with Crippen molar-refractivity contribution in [3.05, 3.63) is 0 Å². The predicted octanol–water partition coefficient (Wildman–Crippen LogP) is 0.597. The zero-order valence-corrected chi connectivity index (χ0v) is 8.99. The Hall–Kier alpha value is -0.320. The van der Waals surface area contributed by atoms with Gasteiger partial charge in [0, 0.05) is 26.6 Å². The molecular formula is C8H18ClNO3. The summed E-state index contributed by atoms with van der Waals surface area (Å²) in [5.74, 6) is -0.235. The van der Waals surface area contributed by atoms with Gasteiger partial charge in [-0.3, -0.25) is 4.79 Å². The highest BCUT2D eigenvalue weighted by atomic mass is 35.5. The molecule has 0 saturated heterocycles. The number of hydrogen-bond donors (Lipinski definition) is 1. The fraction of sp³-hybridized carbons (Fsp3) is 0.875. The number of rotatable bonds is 7. The number of nitrogens with one attached hydrogen (secondary N) is 1. The first kappa shape index (κ1) is 15.2. The molecule has 0 heterocycles. The van der Waals surface area contributed by atoms with Crippen molar-refractivity contribution >= 4 is 18.4 Å². The molecule has 0 saturated carbocycles. The molecule has 0 aromatic carbocycles. The fourth-order valence-corrected chi connectivity index (χ4v) is 0.681. The van der Waals surface area contributed by atoms with E-state index in [0.29, 0.717) is 19.8 Å². The van der Waals surface area contributed by atoms with Gasteiger partial charge < -0.3 is 14.8 Å². The Morgan fingerprint density at radius 1 is 1.31 bits per heavy atom. The van der Waals surface area contributed by atoms with Gasteiger partial charge in [0.2, 0.25) is 0 Å². The molecule has 0 aromatic heterocycles. The number of halogens is 1. The van der Waals surface area contributed by atoms with E-state index in [1.807, 2.05) is 6.92 Å². The quantitative estimate of drug-likeness (QED) is 0.495. The van der Waals surface area contributed by atoms with Gasteiger partial charge in [-0.15, -0.1) is 12.4 Å². The monoisotopic (exact) mass is 211 g/mol. The molecule has 80 valence electrons. The van der Waals surface area contributed by atoms with E-state index < -0.39 is 0 Å². The maximum Gasteiger partial charge on any atom is 0.302 e. The van der Waals surface area contributed by atoms with Gasteiger partial charge in [-0.1, -0.05) is 0 Å². The lowest BCUT2D eigenvalue weighted by Gasteiger charge is -2.04. The Kier molecular flexibility index (Phi) is 13.6. The Bertz CT molecular complexity index is 122. The van der Waals surface area contributed by atoms with Gasteiger partial charge in [-0.25, -0.2) is 0 Å². The Morgan fingerprint density at radius 2 is 1.92 bits per heavy atom. The fourth-order valence-electron chi connectivity index (χ4n) is 0.681. The highest BCUT2D eigenvalue weighted by Gasteiger charge is 1.91. The highest BCUT2D eigenvalue weighted by Crippen LogP contribution is 1.74. The molecule has 0 aliphatic heterocycles. The molecule has 0 aliphatic rings. The Labute approximate surface area is 85.4 Å². The van der Waals surface area contributed by atoms with Crippen molar-refractivity contribution in [2.45, 2.75) is 13.8 Å². The lowest BCUT2D eigenvalue weighted by Crippen LogP contribution is -2.24. The van der Waals surface area contributed by atoms with Crippen LogP contribution in [0.25, 0.3) is 0 Å². The van der Waals surface area contributed by atoms with Gasteiger partial charge >= 0.3 is 5.97 Å². The van der Waals surface area contributed by atoms with Crippen molar-refractivity contribution in [1.29, 1.82) is 0 Å². The molecule has 0 unspecified atom stereocenters. The molecule has 1 N–H and O–H groups in total. The first-order valence-corrected chi connectivity index (χ1v) is 4.19. The molecule has 5 heteroatoms. The molecule has 0 rings (SSSR count). The van der Waals surface area contributed by atoms with Gasteiger partial charge in [0.1, 0.15) is 6.61 Å². The average molecular weight is 212 g/mol. The van der Waals surface area contributed by atoms with Crippen LogP contribution >= 0.6 is 12.4 Å². The number of ether oxygens (including phenoxy) is 2. The topological polar surface area (TPSA) is 47.6 Å². The second-order valence-corrected chi connectivity index (χ2v) is 2.29. The first-order valence-electron chi connectivity index (χ1n) is 4.19. The largest absolute Gasteiger partial charge is 0.465 e. The molecule has 0 spiro atoms. The number of carbonyl (C=O) groups excluding carboxylic acids is 1. The third-order valence-electron chi connectivity index (χ3n) is 1.21. The molecular weight excluding hydrogens is 194 g/mol. The van der Waals surface area contributed by atoms with E-state index in [9.17, 15) is 4.79 Å². The summed E-state index contributed by atoms with van der Waals surface area (Å²) < 4.78 is 9.80. The van der Waals surface area contributed by atoms with Crippen molar-refractivity contribution in [3.8, 4) is 0 Å².